The van der Waals surface area contributed by atoms with E-state index in [9.17, 15) is 0 Å². The molecule has 0 radical (unpaired) electrons. The fraction of sp³-hybridized carbons (Fsp3) is 0.182. The van der Waals surface area contributed by atoms with Crippen molar-refractivity contribution < 1.29 is 4.74 Å². The van der Waals surface area contributed by atoms with Crippen molar-refractivity contribution in [3.05, 3.63) is 30.6 Å². The molecule has 2 aromatic heterocycles. The maximum atomic E-state index is 5.01. The highest BCUT2D eigenvalue weighted by Crippen LogP contribution is 2.15. The molecule has 0 saturated carbocycles. The summed E-state index contributed by atoms with van der Waals surface area (Å²) >= 11 is 0. The van der Waals surface area contributed by atoms with Gasteiger partial charge in [0.25, 0.3) is 0 Å². The summed E-state index contributed by atoms with van der Waals surface area (Å²) in [6.45, 7) is 0. The summed E-state index contributed by atoms with van der Waals surface area (Å²) in [5.41, 5.74) is 0.817. The molecule has 0 aliphatic rings. The van der Waals surface area contributed by atoms with Gasteiger partial charge in [-0.1, -0.05) is 0 Å². The number of anilines is 3. The molecular weight excluding hydrogens is 218 g/mol. The monoisotopic (exact) mass is 231 g/mol. The number of nitrogens with one attached hydrogen (secondary N) is 2. The maximum absolute atomic E-state index is 5.01. The summed E-state index contributed by atoms with van der Waals surface area (Å²) in [6, 6.07) is 5.44. The molecule has 0 aromatic carbocycles. The fourth-order valence-corrected chi connectivity index (χ4v) is 1.26. The van der Waals surface area contributed by atoms with E-state index in [1.165, 1.54) is 0 Å². The molecule has 0 fully saturated rings. The number of hydrogen-bond donors (Lipinski definition) is 2. The Kier molecular flexibility index (Phi) is 3.34. The Hall–Kier alpha value is -2.37. The van der Waals surface area contributed by atoms with Crippen LogP contribution in [0.15, 0.2) is 30.6 Å². The van der Waals surface area contributed by atoms with Gasteiger partial charge in [0.2, 0.25) is 11.8 Å². The van der Waals surface area contributed by atoms with Crippen molar-refractivity contribution in [2.45, 2.75) is 0 Å². The second kappa shape index (κ2) is 5.11. The number of rotatable bonds is 4. The highest BCUT2D eigenvalue weighted by atomic mass is 16.5. The molecular formula is C11H13N5O. The van der Waals surface area contributed by atoms with E-state index in [0.29, 0.717) is 11.8 Å². The Balaban J connectivity index is 2.13. The number of methoxy groups -OCH3 is 1. The molecule has 2 N–H and O–H groups in total. The van der Waals surface area contributed by atoms with Gasteiger partial charge in [0.15, 0.2) is 0 Å². The SMILES string of the molecule is CNc1ccc(Nc2nccc(OC)n2)cn1. The Bertz CT molecular complexity index is 485. The predicted molar refractivity (Wildman–Crippen MR) is 65.7 cm³/mol. The zero-order chi connectivity index (χ0) is 12.1. The van der Waals surface area contributed by atoms with Gasteiger partial charge in [0.05, 0.1) is 19.0 Å². The second-order valence-electron chi connectivity index (χ2n) is 3.23. The van der Waals surface area contributed by atoms with Crippen LogP contribution in [0.4, 0.5) is 17.5 Å². The van der Waals surface area contributed by atoms with Crippen molar-refractivity contribution in [2.24, 2.45) is 0 Å². The van der Waals surface area contributed by atoms with E-state index in [1.807, 2.05) is 19.2 Å². The first-order chi connectivity index (χ1) is 8.31. The number of pyridine rings is 1. The molecule has 17 heavy (non-hydrogen) atoms. The number of aromatic nitrogens is 3. The van der Waals surface area contributed by atoms with Crippen LogP contribution in [0.1, 0.15) is 0 Å². The summed E-state index contributed by atoms with van der Waals surface area (Å²) in [6.07, 6.45) is 3.33. The molecule has 6 heteroatoms. The van der Waals surface area contributed by atoms with Gasteiger partial charge in [-0.3, -0.25) is 0 Å². The summed E-state index contributed by atoms with van der Waals surface area (Å²) in [5.74, 6) is 1.80. The van der Waals surface area contributed by atoms with Crippen LogP contribution in [-0.2, 0) is 0 Å². The van der Waals surface area contributed by atoms with E-state index in [-0.39, 0.29) is 0 Å². The number of ether oxygens (including phenoxy) is 1. The summed E-state index contributed by atoms with van der Waals surface area (Å²) in [5, 5.41) is 5.98. The standard InChI is InChI=1S/C11H13N5O/c1-12-9-4-3-8(7-14-9)15-11-13-6-5-10(16-11)17-2/h3-7H,1-2H3,(H,12,14)(H,13,15,16). The van der Waals surface area contributed by atoms with Crippen molar-refractivity contribution in [3.8, 4) is 5.88 Å². The van der Waals surface area contributed by atoms with Crippen LogP contribution in [-0.4, -0.2) is 29.1 Å². The lowest BCUT2D eigenvalue weighted by Crippen LogP contribution is -1.99. The molecule has 0 amide bonds. The van der Waals surface area contributed by atoms with Crippen LogP contribution in [0, 0.1) is 0 Å². The molecule has 0 aliphatic heterocycles. The average molecular weight is 231 g/mol. The second-order valence-corrected chi connectivity index (χ2v) is 3.23. The van der Waals surface area contributed by atoms with Crippen LogP contribution < -0.4 is 15.4 Å². The van der Waals surface area contributed by atoms with Gasteiger partial charge in [-0.25, -0.2) is 9.97 Å². The van der Waals surface area contributed by atoms with Gasteiger partial charge in [0.1, 0.15) is 5.82 Å². The Morgan fingerprint density at radius 2 is 2.06 bits per heavy atom. The average Bonchev–Trinajstić information content (AvgIpc) is 2.40. The van der Waals surface area contributed by atoms with Crippen molar-refractivity contribution >= 4 is 17.5 Å². The topological polar surface area (TPSA) is 72.0 Å². The zero-order valence-electron chi connectivity index (χ0n) is 9.64. The van der Waals surface area contributed by atoms with Gasteiger partial charge < -0.3 is 15.4 Å². The lowest BCUT2D eigenvalue weighted by atomic mass is 10.4. The molecule has 0 aliphatic carbocycles. The first-order valence-electron chi connectivity index (χ1n) is 5.09. The molecule has 0 bridgehead atoms. The van der Waals surface area contributed by atoms with E-state index in [2.05, 4.69) is 25.6 Å². The summed E-state index contributed by atoms with van der Waals surface area (Å²) in [4.78, 5) is 12.4. The molecule has 6 nitrogen and oxygen atoms in total. The highest BCUT2D eigenvalue weighted by Gasteiger charge is 2.00. The van der Waals surface area contributed by atoms with Gasteiger partial charge in [0, 0.05) is 19.3 Å². The largest absolute Gasteiger partial charge is 0.481 e. The Labute approximate surface area is 99.1 Å². The highest BCUT2D eigenvalue weighted by molar-refractivity contribution is 5.54. The quantitative estimate of drug-likeness (QED) is 0.833. The number of hydrogen-bond acceptors (Lipinski definition) is 6. The van der Waals surface area contributed by atoms with Crippen molar-refractivity contribution in [1.82, 2.24) is 15.0 Å². The van der Waals surface area contributed by atoms with E-state index >= 15 is 0 Å². The third kappa shape index (κ3) is 2.81. The lowest BCUT2D eigenvalue weighted by molar-refractivity contribution is 0.397. The van der Waals surface area contributed by atoms with Gasteiger partial charge in [-0.05, 0) is 12.1 Å². The van der Waals surface area contributed by atoms with Crippen molar-refractivity contribution in [3.63, 3.8) is 0 Å². The van der Waals surface area contributed by atoms with Crippen molar-refractivity contribution in [1.29, 1.82) is 0 Å². The normalized spacial score (nSPS) is 9.76. The van der Waals surface area contributed by atoms with Crippen molar-refractivity contribution in [2.75, 3.05) is 24.8 Å². The molecule has 2 aromatic rings. The third-order valence-electron chi connectivity index (χ3n) is 2.11. The van der Waals surface area contributed by atoms with Crippen LogP contribution >= 0.6 is 0 Å². The Morgan fingerprint density at radius 1 is 1.18 bits per heavy atom. The lowest BCUT2D eigenvalue weighted by Gasteiger charge is -2.06. The van der Waals surface area contributed by atoms with E-state index in [4.69, 9.17) is 4.74 Å². The number of nitrogens with zero attached hydrogens (tertiary/aromatic N) is 3. The first-order valence-corrected chi connectivity index (χ1v) is 5.09. The summed E-state index contributed by atoms with van der Waals surface area (Å²) in [7, 11) is 3.38. The van der Waals surface area contributed by atoms with Crippen LogP contribution in [0.5, 0.6) is 5.88 Å². The first kappa shape index (κ1) is 11.1. The Morgan fingerprint density at radius 3 is 2.71 bits per heavy atom. The predicted octanol–water partition coefficient (Wildman–Crippen LogP) is 1.67. The van der Waals surface area contributed by atoms with Gasteiger partial charge in [-0.15, -0.1) is 0 Å². The molecule has 0 spiro atoms. The zero-order valence-corrected chi connectivity index (χ0v) is 9.64. The minimum atomic E-state index is 0.475. The fourth-order valence-electron chi connectivity index (χ4n) is 1.26. The maximum Gasteiger partial charge on any atom is 0.230 e. The van der Waals surface area contributed by atoms with Crippen LogP contribution in [0.25, 0.3) is 0 Å². The smallest absolute Gasteiger partial charge is 0.230 e. The molecule has 88 valence electrons. The molecule has 0 unspecified atom stereocenters. The van der Waals surface area contributed by atoms with E-state index in [0.717, 1.165) is 11.5 Å². The molecule has 0 saturated heterocycles. The van der Waals surface area contributed by atoms with E-state index < -0.39 is 0 Å². The van der Waals surface area contributed by atoms with Gasteiger partial charge in [-0.2, -0.15) is 4.98 Å². The van der Waals surface area contributed by atoms with Crippen LogP contribution in [0.3, 0.4) is 0 Å². The minimum Gasteiger partial charge on any atom is -0.481 e. The molecule has 2 heterocycles. The van der Waals surface area contributed by atoms with E-state index in [1.54, 1.807) is 25.6 Å². The molecule has 0 atom stereocenters. The van der Waals surface area contributed by atoms with Crippen LogP contribution in [0.2, 0.25) is 0 Å². The van der Waals surface area contributed by atoms with Gasteiger partial charge >= 0.3 is 0 Å². The minimum absolute atomic E-state index is 0.475. The molecule has 2 rings (SSSR count). The summed E-state index contributed by atoms with van der Waals surface area (Å²) < 4.78 is 5.01. The third-order valence-corrected chi connectivity index (χ3v) is 2.11.